The van der Waals surface area contributed by atoms with E-state index in [2.05, 4.69) is 16.7 Å². The Hall–Kier alpha value is -3.08. The molecule has 1 aromatic carbocycles. The summed E-state index contributed by atoms with van der Waals surface area (Å²) in [6.45, 7) is 3.03. The minimum Gasteiger partial charge on any atom is -0.496 e. The lowest BCUT2D eigenvalue weighted by Gasteiger charge is -2.31. The van der Waals surface area contributed by atoms with E-state index >= 15 is 0 Å². The zero-order chi connectivity index (χ0) is 22.1. The molecule has 0 bridgehead atoms. The van der Waals surface area contributed by atoms with E-state index in [0.29, 0.717) is 24.2 Å². The van der Waals surface area contributed by atoms with Gasteiger partial charge < -0.3 is 20.1 Å². The SMILES string of the molecule is COc1ccccc1C(=O)N[C@H](C(=O)OCC(=O)NC1(C#N)CCCCC1)C(C)C. The van der Waals surface area contributed by atoms with Crippen molar-refractivity contribution in [3.05, 3.63) is 29.8 Å². The number of nitriles is 1. The molecule has 30 heavy (non-hydrogen) atoms. The molecule has 1 saturated carbocycles. The molecule has 2 amide bonds. The monoisotopic (exact) mass is 415 g/mol. The minimum absolute atomic E-state index is 0.261. The average Bonchev–Trinajstić information content (AvgIpc) is 2.76. The number of ether oxygens (including phenoxy) is 2. The topological polar surface area (TPSA) is 118 Å². The molecule has 1 aromatic rings. The highest BCUT2D eigenvalue weighted by Gasteiger charge is 2.34. The van der Waals surface area contributed by atoms with Gasteiger partial charge in [-0.3, -0.25) is 9.59 Å². The summed E-state index contributed by atoms with van der Waals surface area (Å²) in [5.74, 6) is -1.58. The van der Waals surface area contributed by atoms with Gasteiger partial charge in [-0.05, 0) is 30.9 Å². The first-order valence-corrected chi connectivity index (χ1v) is 10.1. The third-order valence-electron chi connectivity index (χ3n) is 5.20. The number of esters is 1. The van der Waals surface area contributed by atoms with E-state index in [1.807, 2.05) is 0 Å². The van der Waals surface area contributed by atoms with Gasteiger partial charge in [0.15, 0.2) is 6.61 Å². The van der Waals surface area contributed by atoms with Crippen LogP contribution in [0.3, 0.4) is 0 Å². The number of para-hydroxylation sites is 1. The highest BCUT2D eigenvalue weighted by atomic mass is 16.5. The van der Waals surface area contributed by atoms with Crippen LogP contribution in [-0.2, 0) is 14.3 Å². The predicted octanol–water partition coefficient (Wildman–Crippen LogP) is 2.34. The van der Waals surface area contributed by atoms with Crippen LogP contribution in [0.1, 0.15) is 56.3 Å². The number of methoxy groups -OCH3 is 1. The second-order valence-corrected chi connectivity index (χ2v) is 7.81. The molecular weight excluding hydrogens is 386 g/mol. The molecule has 1 fully saturated rings. The smallest absolute Gasteiger partial charge is 0.329 e. The van der Waals surface area contributed by atoms with Crippen LogP contribution < -0.4 is 15.4 Å². The highest BCUT2D eigenvalue weighted by Crippen LogP contribution is 2.27. The molecule has 8 heteroatoms. The van der Waals surface area contributed by atoms with Crippen molar-refractivity contribution < 1.29 is 23.9 Å². The van der Waals surface area contributed by atoms with Gasteiger partial charge in [-0.25, -0.2) is 4.79 Å². The fourth-order valence-electron chi connectivity index (χ4n) is 3.50. The minimum atomic E-state index is -0.935. The van der Waals surface area contributed by atoms with E-state index in [1.165, 1.54) is 7.11 Å². The van der Waals surface area contributed by atoms with E-state index in [-0.39, 0.29) is 5.92 Å². The van der Waals surface area contributed by atoms with Gasteiger partial charge in [-0.15, -0.1) is 0 Å². The van der Waals surface area contributed by atoms with Crippen LogP contribution in [0.4, 0.5) is 0 Å². The van der Waals surface area contributed by atoms with E-state index < -0.39 is 36.0 Å². The van der Waals surface area contributed by atoms with Crippen molar-refractivity contribution in [3.63, 3.8) is 0 Å². The Bertz CT molecular complexity index is 809. The fraction of sp³-hybridized carbons (Fsp3) is 0.545. The third-order valence-corrected chi connectivity index (χ3v) is 5.20. The lowest BCUT2D eigenvalue weighted by molar-refractivity contribution is -0.151. The van der Waals surface area contributed by atoms with Crippen LogP contribution in [-0.4, -0.2) is 43.1 Å². The largest absolute Gasteiger partial charge is 0.496 e. The van der Waals surface area contributed by atoms with Crippen molar-refractivity contribution >= 4 is 17.8 Å². The number of hydrogen-bond donors (Lipinski definition) is 2. The van der Waals surface area contributed by atoms with Crippen LogP contribution >= 0.6 is 0 Å². The Labute approximate surface area is 176 Å². The second kappa shape index (κ2) is 10.6. The quantitative estimate of drug-likeness (QED) is 0.629. The van der Waals surface area contributed by atoms with Gasteiger partial charge in [-0.2, -0.15) is 5.26 Å². The number of rotatable bonds is 8. The molecule has 0 spiro atoms. The highest BCUT2D eigenvalue weighted by molar-refractivity contribution is 5.99. The number of benzene rings is 1. The molecule has 2 N–H and O–H groups in total. The van der Waals surface area contributed by atoms with E-state index in [4.69, 9.17) is 9.47 Å². The number of hydrogen-bond acceptors (Lipinski definition) is 6. The maximum atomic E-state index is 12.6. The Morgan fingerprint density at radius 1 is 1.17 bits per heavy atom. The summed E-state index contributed by atoms with van der Waals surface area (Å²) in [5.41, 5.74) is -0.596. The molecule has 1 aliphatic rings. The summed E-state index contributed by atoms with van der Waals surface area (Å²) < 4.78 is 10.3. The van der Waals surface area contributed by atoms with Crippen molar-refractivity contribution in [2.45, 2.75) is 57.5 Å². The Kier molecular flexibility index (Phi) is 8.22. The molecule has 0 saturated heterocycles. The molecule has 0 aliphatic heterocycles. The number of carbonyl (C=O) groups is 3. The number of nitrogens with zero attached hydrogens (tertiary/aromatic N) is 1. The summed E-state index contributed by atoms with van der Waals surface area (Å²) in [6, 6.07) is 7.93. The van der Waals surface area contributed by atoms with Crippen LogP contribution in [0.25, 0.3) is 0 Å². The molecule has 1 aliphatic carbocycles. The maximum absolute atomic E-state index is 12.6. The lowest BCUT2D eigenvalue weighted by atomic mass is 9.83. The van der Waals surface area contributed by atoms with Crippen LogP contribution in [0, 0.1) is 17.2 Å². The molecule has 0 radical (unpaired) electrons. The first-order chi connectivity index (χ1) is 14.3. The van der Waals surface area contributed by atoms with Crippen molar-refractivity contribution in [2.75, 3.05) is 13.7 Å². The molecule has 0 aromatic heterocycles. The Balaban J connectivity index is 1.96. The first kappa shape index (κ1) is 23.2. The van der Waals surface area contributed by atoms with Crippen molar-refractivity contribution in [3.8, 4) is 11.8 Å². The average molecular weight is 415 g/mol. The lowest BCUT2D eigenvalue weighted by Crippen LogP contribution is -2.51. The molecule has 0 unspecified atom stereocenters. The third kappa shape index (κ3) is 5.96. The van der Waals surface area contributed by atoms with Crippen LogP contribution in [0.2, 0.25) is 0 Å². The Morgan fingerprint density at radius 2 is 1.83 bits per heavy atom. The van der Waals surface area contributed by atoms with Gasteiger partial charge in [0.05, 0.1) is 18.7 Å². The number of amides is 2. The molecule has 162 valence electrons. The molecule has 1 atom stereocenters. The van der Waals surface area contributed by atoms with Crippen molar-refractivity contribution in [1.29, 1.82) is 5.26 Å². The fourth-order valence-corrected chi connectivity index (χ4v) is 3.50. The summed E-state index contributed by atoms with van der Waals surface area (Å²) in [6.07, 6.45) is 3.96. The predicted molar refractivity (Wildman–Crippen MR) is 110 cm³/mol. The zero-order valence-corrected chi connectivity index (χ0v) is 17.7. The van der Waals surface area contributed by atoms with Gasteiger partial charge in [-0.1, -0.05) is 45.2 Å². The van der Waals surface area contributed by atoms with Gasteiger partial charge in [0, 0.05) is 0 Å². The van der Waals surface area contributed by atoms with Crippen molar-refractivity contribution in [1.82, 2.24) is 10.6 Å². The first-order valence-electron chi connectivity index (χ1n) is 10.1. The zero-order valence-electron chi connectivity index (χ0n) is 17.7. The summed E-state index contributed by atoms with van der Waals surface area (Å²) >= 11 is 0. The Morgan fingerprint density at radius 3 is 2.43 bits per heavy atom. The standard InChI is InChI=1S/C22H29N3O5/c1-15(2)19(24-20(27)16-9-5-6-10-17(16)29-3)21(28)30-13-18(26)25-22(14-23)11-7-4-8-12-22/h5-6,9-10,15,19H,4,7-8,11-13H2,1-3H3,(H,24,27)(H,25,26)/t19-/m0/s1. The molecule has 2 rings (SSSR count). The van der Waals surface area contributed by atoms with Crippen LogP contribution in [0.5, 0.6) is 5.75 Å². The van der Waals surface area contributed by atoms with E-state index in [0.717, 1.165) is 19.3 Å². The summed E-state index contributed by atoms with van der Waals surface area (Å²) in [7, 11) is 1.46. The van der Waals surface area contributed by atoms with E-state index in [1.54, 1.807) is 38.1 Å². The van der Waals surface area contributed by atoms with Crippen LogP contribution in [0.15, 0.2) is 24.3 Å². The summed E-state index contributed by atoms with van der Waals surface area (Å²) in [4.78, 5) is 37.4. The van der Waals surface area contributed by atoms with Gasteiger partial charge in [0.25, 0.3) is 11.8 Å². The van der Waals surface area contributed by atoms with Gasteiger partial charge in [0.1, 0.15) is 17.3 Å². The normalized spacial score (nSPS) is 16.1. The second-order valence-electron chi connectivity index (χ2n) is 7.81. The number of nitrogens with one attached hydrogen (secondary N) is 2. The molecule has 8 nitrogen and oxygen atoms in total. The van der Waals surface area contributed by atoms with Gasteiger partial charge in [0.2, 0.25) is 0 Å². The summed E-state index contributed by atoms with van der Waals surface area (Å²) in [5, 5.41) is 14.8. The van der Waals surface area contributed by atoms with E-state index in [9.17, 15) is 19.6 Å². The van der Waals surface area contributed by atoms with Crippen molar-refractivity contribution in [2.24, 2.45) is 5.92 Å². The maximum Gasteiger partial charge on any atom is 0.329 e. The number of carbonyl (C=O) groups excluding carboxylic acids is 3. The molecule has 0 heterocycles. The molecular formula is C22H29N3O5. The van der Waals surface area contributed by atoms with Gasteiger partial charge >= 0.3 is 5.97 Å².